The third-order valence-corrected chi connectivity index (χ3v) is 17.2. The Labute approximate surface area is 401 Å². The number of hydrogen-bond donors (Lipinski definition) is 6. The van der Waals surface area contributed by atoms with Gasteiger partial charge in [-0.25, -0.2) is 0 Å². The van der Waals surface area contributed by atoms with Crippen molar-refractivity contribution in [3.63, 3.8) is 0 Å². The molecule has 0 aliphatic rings. The Morgan fingerprint density at radius 3 is 1.73 bits per heavy atom. The smallest absolute Gasteiger partial charge is 0.274 e. The fourth-order valence-electron chi connectivity index (χ4n) is 8.34. The molecule has 0 bridgehead atoms. The number of anilines is 2. The van der Waals surface area contributed by atoms with Crippen molar-refractivity contribution in [2.24, 2.45) is 5.73 Å². The zero-order valence-electron chi connectivity index (χ0n) is 39.4. The zero-order valence-corrected chi connectivity index (χ0v) is 41.1. The van der Waals surface area contributed by atoms with Gasteiger partial charge >= 0.3 is 0 Å². The van der Waals surface area contributed by atoms with Gasteiger partial charge in [0, 0.05) is 69.4 Å². The molecule has 3 amide bonds. The van der Waals surface area contributed by atoms with Crippen LogP contribution in [0, 0.1) is 20.8 Å². The summed E-state index contributed by atoms with van der Waals surface area (Å²) in [6, 6.07) is 36.2. The molecule has 0 aliphatic carbocycles. The quantitative estimate of drug-likeness (QED) is 0.0311. The molecule has 2 aromatic heterocycles. The molecule has 4 aromatic carbocycles. The summed E-state index contributed by atoms with van der Waals surface area (Å²) in [4.78, 5) is 48.0. The molecule has 0 unspecified atom stereocenters. The number of benzene rings is 4. The van der Waals surface area contributed by atoms with Crippen LogP contribution in [0.25, 0.3) is 11.1 Å². The number of rotatable bonds is 21. The lowest BCUT2D eigenvalue weighted by atomic mass is 9.98. The first-order chi connectivity index (χ1) is 32.2. The fourth-order valence-corrected chi connectivity index (χ4v) is 13.2. The molecule has 6 rings (SSSR count). The lowest BCUT2D eigenvalue weighted by molar-refractivity contribution is -0.121. The third kappa shape index (κ3) is 12.7. The first-order valence-corrected chi connectivity index (χ1v) is 25.1. The van der Waals surface area contributed by atoms with Crippen molar-refractivity contribution in [3.8, 4) is 11.1 Å². The zero-order chi connectivity index (χ0) is 48.0. The van der Waals surface area contributed by atoms with E-state index in [9.17, 15) is 14.4 Å². The minimum absolute atomic E-state index is 0.0115. The van der Waals surface area contributed by atoms with Crippen LogP contribution in [0.3, 0.4) is 0 Å². The van der Waals surface area contributed by atoms with E-state index in [1.165, 1.54) is 10.4 Å². The van der Waals surface area contributed by atoms with E-state index in [1.807, 2.05) is 75.4 Å². The number of nitrogens with two attached hydrogens (primary N) is 1. The number of nitrogens with one attached hydrogen (secondary N) is 5. The normalized spacial score (nSPS) is 11.6. The highest BCUT2D eigenvalue weighted by molar-refractivity contribution is 6.99. The average molecular weight is 940 g/mol. The predicted octanol–water partition coefficient (Wildman–Crippen LogP) is 7.84. The van der Waals surface area contributed by atoms with Gasteiger partial charge in [0.2, 0.25) is 5.91 Å². The molecule has 0 radical (unpaired) electrons. The minimum atomic E-state index is -2.64. The Morgan fingerprint density at radius 2 is 1.19 bits per heavy atom. The van der Waals surface area contributed by atoms with Crippen LogP contribution in [-0.4, -0.2) is 68.8 Å². The molecular weight excluding hydrogens is 876 g/mol. The number of pyridine rings is 2. The van der Waals surface area contributed by atoms with Crippen LogP contribution in [0.5, 0.6) is 0 Å². The van der Waals surface area contributed by atoms with Crippen molar-refractivity contribution in [1.29, 1.82) is 0 Å². The van der Waals surface area contributed by atoms with E-state index in [4.69, 9.17) is 21.8 Å². The summed E-state index contributed by atoms with van der Waals surface area (Å²) in [5, 5.41) is 18.4. The van der Waals surface area contributed by atoms with E-state index < -0.39 is 8.32 Å². The maximum absolute atomic E-state index is 13.7. The molecule has 0 aliphatic heterocycles. The molecule has 0 fully saturated rings. The van der Waals surface area contributed by atoms with Crippen LogP contribution in [0.1, 0.15) is 82.4 Å². The van der Waals surface area contributed by atoms with E-state index in [-0.39, 0.29) is 22.8 Å². The number of aryl methyl sites for hydroxylation is 2. The fraction of sp³-hybridized carbons (Fsp3) is 0.302. The van der Waals surface area contributed by atoms with Crippen LogP contribution in [-0.2, 0) is 22.3 Å². The molecule has 0 saturated heterocycles. The summed E-state index contributed by atoms with van der Waals surface area (Å²) >= 11 is 7.02. The van der Waals surface area contributed by atoms with Crippen molar-refractivity contribution in [2.45, 2.75) is 72.5 Å². The monoisotopic (exact) mass is 938 g/mol. The van der Waals surface area contributed by atoms with Crippen molar-refractivity contribution >= 4 is 59.4 Å². The van der Waals surface area contributed by atoms with Crippen LogP contribution in [0.2, 0.25) is 10.1 Å². The van der Waals surface area contributed by atoms with E-state index in [0.29, 0.717) is 92.1 Å². The Bertz CT molecular complexity index is 2600. The highest BCUT2D eigenvalue weighted by Gasteiger charge is 2.50. The van der Waals surface area contributed by atoms with Crippen molar-refractivity contribution in [3.05, 3.63) is 166 Å². The maximum atomic E-state index is 13.7. The van der Waals surface area contributed by atoms with Gasteiger partial charge in [0.25, 0.3) is 20.1 Å². The Hall–Kier alpha value is -6.06. The van der Waals surface area contributed by atoms with Crippen LogP contribution < -0.4 is 42.7 Å². The first-order valence-electron chi connectivity index (χ1n) is 22.8. The molecule has 14 heteroatoms. The van der Waals surface area contributed by atoms with E-state index >= 15 is 0 Å². The van der Waals surface area contributed by atoms with Gasteiger partial charge in [0.05, 0.1) is 10.7 Å². The molecular formula is C53H63ClN8O4Si. The lowest BCUT2D eigenvalue weighted by Crippen LogP contribution is -2.66. The molecule has 7 N–H and O–H groups in total. The van der Waals surface area contributed by atoms with Crippen molar-refractivity contribution < 1.29 is 18.8 Å². The highest BCUT2D eigenvalue weighted by atomic mass is 35.5. The van der Waals surface area contributed by atoms with Gasteiger partial charge in [-0.3, -0.25) is 24.4 Å². The van der Waals surface area contributed by atoms with Crippen molar-refractivity contribution in [2.75, 3.05) is 43.4 Å². The number of aromatic nitrogens is 2. The second-order valence-electron chi connectivity index (χ2n) is 17.7. The van der Waals surface area contributed by atoms with Crippen LogP contribution in [0.15, 0.2) is 122 Å². The third-order valence-electron chi connectivity index (χ3n) is 11.7. The minimum Gasteiger partial charge on any atom is -0.406 e. The summed E-state index contributed by atoms with van der Waals surface area (Å²) < 4.78 is 7.02. The molecule has 67 heavy (non-hydrogen) atoms. The standard InChI is InChI=1S/C53H63ClN8O4Si/c1-36-30-39(32-56-26-27-58-47(63)24-15-25-55)34-59-49(36)51(64)61-45-22-13-20-43(38(45)3)44-21-14-23-46(48(44)54)62-52(65)50-37(2)31-40(35-60-50)33-57-28-29-66-67(53(4,5)6,41-16-9-7-10-17-41)42-18-11-8-12-19-42/h7-14,16-23,30-31,34-35,56-57H,15,24-29,32-33,55H2,1-6H3,(H,58,63)(H,61,64)(H,62,65). The number of nitrogens with zero attached hydrogens (tertiary/aromatic N) is 2. The SMILES string of the molecule is Cc1cc(CNCCNC(=O)CCCN)cnc1C(=O)Nc1cccc(-c2cccc(NC(=O)c3ncc(CNCCO[Si](c4ccccc4)(c4ccccc4)C(C)(C)C)cc3C)c2Cl)c1C. The molecule has 6 aromatic rings. The van der Waals surface area contributed by atoms with E-state index in [1.54, 1.807) is 18.5 Å². The van der Waals surface area contributed by atoms with Gasteiger partial charge in [-0.05, 0) is 94.7 Å². The topological polar surface area (TPSA) is 172 Å². The lowest BCUT2D eigenvalue weighted by Gasteiger charge is -2.43. The number of carbonyl (C=O) groups excluding carboxylic acids is 3. The summed E-state index contributed by atoms with van der Waals surface area (Å²) in [6.07, 6.45) is 4.49. The molecule has 12 nitrogen and oxygen atoms in total. The van der Waals surface area contributed by atoms with Gasteiger partial charge in [-0.15, -0.1) is 0 Å². The summed E-state index contributed by atoms with van der Waals surface area (Å²) in [5.74, 6) is -0.725. The number of hydrogen-bond acceptors (Lipinski definition) is 9. The van der Waals surface area contributed by atoms with Gasteiger partial charge in [0.15, 0.2) is 0 Å². The molecule has 350 valence electrons. The summed E-state index contributed by atoms with van der Waals surface area (Å²) in [6.45, 7) is 16.3. The second-order valence-corrected chi connectivity index (χ2v) is 22.4. The molecule has 0 saturated carbocycles. The molecule has 0 spiro atoms. The van der Waals surface area contributed by atoms with E-state index in [2.05, 4.69) is 106 Å². The van der Waals surface area contributed by atoms with E-state index in [0.717, 1.165) is 33.4 Å². The van der Waals surface area contributed by atoms with Gasteiger partial charge < -0.3 is 36.7 Å². The summed E-state index contributed by atoms with van der Waals surface area (Å²) in [5.41, 5.74) is 12.8. The Morgan fingerprint density at radius 1 is 0.672 bits per heavy atom. The summed E-state index contributed by atoms with van der Waals surface area (Å²) in [7, 11) is -2.64. The number of halogens is 1. The van der Waals surface area contributed by atoms with Crippen molar-refractivity contribution in [1.82, 2.24) is 25.9 Å². The number of carbonyl (C=O) groups is 3. The second kappa shape index (κ2) is 23.6. The molecule has 2 heterocycles. The largest absolute Gasteiger partial charge is 0.406 e. The van der Waals surface area contributed by atoms with Crippen LogP contribution in [0.4, 0.5) is 11.4 Å². The maximum Gasteiger partial charge on any atom is 0.274 e. The predicted molar refractivity (Wildman–Crippen MR) is 274 cm³/mol. The van der Waals surface area contributed by atoms with Gasteiger partial charge in [0.1, 0.15) is 11.4 Å². The van der Waals surface area contributed by atoms with Gasteiger partial charge in [-0.1, -0.05) is 129 Å². The number of amides is 3. The van der Waals surface area contributed by atoms with Crippen LogP contribution >= 0.6 is 11.6 Å². The Balaban J connectivity index is 1.04. The highest BCUT2D eigenvalue weighted by Crippen LogP contribution is 2.38. The van der Waals surface area contributed by atoms with Gasteiger partial charge in [-0.2, -0.15) is 0 Å². The Kier molecular flexibility index (Phi) is 17.7. The average Bonchev–Trinajstić information content (AvgIpc) is 3.31. The molecule has 0 atom stereocenters. The first kappa shape index (κ1) is 50.4.